The van der Waals surface area contributed by atoms with Gasteiger partial charge in [-0.1, -0.05) is 31.2 Å². The van der Waals surface area contributed by atoms with Crippen LogP contribution in [0.3, 0.4) is 0 Å². The first-order valence-electron chi connectivity index (χ1n) is 8.23. The Morgan fingerprint density at radius 1 is 1.21 bits per heavy atom. The summed E-state index contributed by atoms with van der Waals surface area (Å²) in [6.07, 6.45) is 3.97. The van der Waals surface area contributed by atoms with Crippen molar-refractivity contribution in [3.63, 3.8) is 0 Å². The van der Waals surface area contributed by atoms with Crippen molar-refractivity contribution >= 4 is 41.3 Å². The zero-order valence-corrected chi connectivity index (χ0v) is 17.8. The number of benzene rings is 1. The van der Waals surface area contributed by atoms with Gasteiger partial charge in [0.1, 0.15) is 0 Å². The van der Waals surface area contributed by atoms with Crippen LogP contribution in [0.5, 0.6) is 0 Å². The number of aliphatic imine (C=N–C) groups is 1. The van der Waals surface area contributed by atoms with Crippen LogP contribution in [-0.2, 0) is 19.4 Å². The zero-order chi connectivity index (χ0) is 16.5. The summed E-state index contributed by atoms with van der Waals surface area (Å²) in [7, 11) is 0. The molecule has 6 heteroatoms. The number of nitrogens with zero attached hydrogens (tertiary/aromatic N) is 2. The molecule has 2 rings (SSSR count). The SMILES string of the molecule is CCNC(=NCc1ccccc1C)NCCc1ncc(CC)s1.I. The predicted molar refractivity (Wildman–Crippen MR) is 115 cm³/mol. The molecule has 0 aliphatic rings. The summed E-state index contributed by atoms with van der Waals surface area (Å²) in [5, 5.41) is 7.87. The molecule has 4 nitrogen and oxygen atoms in total. The second kappa shape index (κ2) is 11.4. The summed E-state index contributed by atoms with van der Waals surface area (Å²) >= 11 is 1.80. The molecule has 24 heavy (non-hydrogen) atoms. The lowest BCUT2D eigenvalue weighted by Gasteiger charge is -2.11. The molecule has 0 fully saturated rings. The second-order valence-electron chi connectivity index (χ2n) is 5.37. The number of aromatic nitrogens is 1. The van der Waals surface area contributed by atoms with Crippen molar-refractivity contribution in [2.45, 2.75) is 40.2 Å². The quantitative estimate of drug-likeness (QED) is 0.376. The van der Waals surface area contributed by atoms with Crippen LogP contribution in [-0.4, -0.2) is 24.0 Å². The Labute approximate surface area is 166 Å². The van der Waals surface area contributed by atoms with Crippen LogP contribution in [0.2, 0.25) is 0 Å². The summed E-state index contributed by atoms with van der Waals surface area (Å²) in [4.78, 5) is 10.5. The second-order valence-corrected chi connectivity index (χ2v) is 6.57. The van der Waals surface area contributed by atoms with E-state index >= 15 is 0 Å². The summed E-state index contributed by atoms with van der Waals surface area (Å²) in [6, 6.07) is 8.37. The molecule has 0 spiro atoms. The molecule has 0 aliphatic carbocycles. The lowest BCUT2D eigenvalue weighted by Crippen LogP contribution is -2.38. The highest BCUT2D eigenvalue weighted by Crippen LogP contribution is 2.13. The summed E-state index contributed by atoms with van der Waals surface area (Å²) in [5.41, 5.74) is 2.54. The molecule has 1 aromatic carbocycles. The number of thiazole rings is 1. The number of rotatable bonds is 7. The molecule has 0 aliphatic heterocycles. The molecule has 0 saturated heterocycles. The van der Waals surface area contributed by atoms with E-state index in [9.17, 15) is 0 Å². The minimum Gasteiger partial charge on any atom is -0.357 e. The Morgan fingerprint density at radius 3 is 2.67 bits per heavy atom. The van der Waals surface area contributed by atoms with Gasteiger partial charge in [-0.05, 0) is 31.4 Å². The average molecular weight is 458 g/mol. The Hall–Kier alpha value is -1.15. The lowest BCUT2D eigenvalue weighted by molar-refractivity contribution is 0.796. The maximum absolute atomic E-state index is 4.67. The first kappa shape index (κ1) is 20.9. The summed E-state index contributed by atoms with van der Waals surface area (Å²) in [6.45, 7) is 8.77. The number of halogens is 1. The predicted octanol–water partition coefficient (Wildman–Crippen LogP) is 3.93. The van der Waals surface area contributed by atoms with Crippen LogP contribution >= 0.6 is 35.3 Å². The van der Waals surface area contributed by atoms with E-state index in [-0.39, 0.29) is 24.0 Å². The van der Waals surface area contributed by atoms with Gasteiger partial charge in [-0.2, -0.15) is 0 Å². The van der Waals surface area contributed by atoms with E-state index in [1.807, 2.05) is 6.20 Å². The lowest BCUT2D eigenvalue weighted by atomic mass is 10.1. The third-order valence-corrected chi connectivity index (χ3v) is 4.80. The zero-order valence-electron chi connectivity index (χ0n) is 14.6. The molecule has 1 heterocycles. The molecule has 132 valence electrons. The molecular weight excluding hydrogens is 431 g/mol. The van der Waals surface area contributed by atoms with Crippen molar-refractivity contribution in [2.75, 3.05) is 13.1 Å². The van der Waals surface area contributed by atoms with E-state index in [2.05, 4.69) is 65.6 Å². The third kappa shape index (κ3) is 6.76. The molecule has 0 radical (unpaired) electrons. The van der Waals surface area contributed by atoms with Crippen molar-refractivity contribution < 1.29 is 0 Å². The maximum Gasteiger partial charge on any atom is 0.191 e. The molecule has 0 atom stereocenters. The van der Waals surface area contributed by atoms with E-state index in [0.717, 1.165) is 31.9 Å². The van der Waals surface area contributed by atoms with Gasteiger partial charge in [-0.3, -0.25) is 0 Å². The molecule has 2 N–H and O–H groups in total. The monoisotopic (exact) mass is 458 g/mol. The van der Waals surface area contributed by atoms with E-state index < -0.39 is 0 Å². The number of aryl methyl sites for hydroxylation is 2. The molecule has 0 amide bonds. The van der Waals surface area contributed by atoms with E-state index in [0.29, 0.717) is 6.54 Å². The first-order valence-corrected chi connectivity index (χ1v) is 9.04. The fraction of sp³-hybridized carbons (Fsp3) is 0.444. The van der Waals surface area contributed by atoms with Gasteiger partial charge in [0.2, 0.25) is 0 Å². The van der Waals surface area contributed by atoms with Crippen LogP contribution in [0.1, 0.15) is 34.9 Å². The van der Waals surface area contributed by atoms with Gasteiger partial charge in [0.15, 0.2) is 5.96 Å². The van der Waals surface area contributed by atoms with E-state index in [1.54, 1.807) is 11.3 Å². The Morgan fingerprint density at radius 2 is 2.00 bits per heavy atom. The highest BCUT2D eigenvalue weighted by Gasteiger charge is 2.02. The normalized spacial score (nSPS) is 11.0. The van der Waals surface area contributed by atoms with Crippen LogP contribution in [0.15, 0.2) is 35.5 Å². The van der Waals surface area contributed by atoms with E-state index in [1.165, 1.54) is 21.0 Å². The van der Waals surface area contributed by atoms with Crippen LogP contribution in [0.25, 0.3) is 0 Å². The smallest absolute Gasteiger partial charge is 0.191 e. The minimum absolute atomic E-state index is 0. The number of hydrogen-bond acceptors (Lipinski definition) is 3. The fourth-order valence-corrected chi connectivity index (χ4v) is 3.07. The number of hydrogen-bond donors (Lipinski definition) is 2. The van der Waals surface area contributed by atoms with Gasteiger partial charge >= 0.3 is 0 Å². The molecule has 1 aromatic heterocycles. The largest absolute Gasteiger partial charge is 0.357 e. The fourth-order valence-electron chi connectivity index (χ4n) is 2.21. The maximum atomic E-state index is 4.67. The summed E-state index contributed by atoms with van der Waals surface area (Å²) in [5.74, 6) is 0.864. The van der Waals surface area contributed by atoms with Gasteiger partial charge in [-0.25, -0.2) is 9.98 Å². The van der Waals surface area contributed by atoms with Crippen LogP contribution < -0.4 is 10.6 Å². The number of guanidine groups is 1. The Balaban J connectivity index is 0.00000288. The number of nitrogens with one attached hydrogen (secondary N) is 2. The van der Waals surface area contributed by atoms with Gasteiger partial charge < -0.3 is 10.6 Å². The van der Waals surface area contributed by atoms with Gasteiger partial charge in [0.05, 0.1) is 11.6 Å². The first-order chi connectivity index (χ1) is 11.2. The van der Waals surface area contributed by atoms with Crippen LogP contribution in [0.4, 0.5) is 0 Å². The molecular formula is C18H27IN4S. The van der Waals surface area contributed by atoms with Gasteiger partial charge in [-0.15, -0.1) is 35.3 Å². The Kier molecular flexibility index (Phi) is 9.94. The molecule has 2 aromatic rings. The van der Waals surface area contributed by atoms with Crippen molar-refractivity contribution in [3.05, 3.63) is 51.5 Å². The minimum atomic E-state index is 0. The van der Waals surface area contributed by atoms with E-state index in [4.69, 9.17) is 0 Å². The van der Waals surface area contributed by atoms with Crippen molar-refractivity contribution in [2.24, 2.45) is 4.99 Å². The third-order valence-electron chi connectivity index (χ3n) is 3.59. The molecule has 0 saturated carbocycles. The molecule has 0 bridgehead atoms. The average Bonchev–Trinajstić information content (AvgIpc) is 3.02. The van der Waals surface area contributed by atoms with Crippen molar-refractivity contribution in [3.8, 4) is 0 Å². The highest BCUT2D eigenvalue weighted by atomic mass is 127. The molecule has 0 unspecified atom stereocenters. The summed E-state index contributed by atoms with van der Waals surface area (Å²) < 4.78 is 0. The van der Waals surface area contributed by atoms with Gasteiger partial charge in [0.25, 0.3) is 0 Å². The standard InChI is InChI=1S/C18H26N4S.HI/c1-4-16-13-21-17(23-16)10-11-20-18(19-5-2)22-12-15-9-7-6-8-14(15)3;/h6-9,13H,4-5,10-12H2,1-3H3,(H2,19,20,22);1H. The Bertz CT molecular complexity index is 639. The topological polar surface area (TPSA) is 49.3 Å². The van der Waals surface area contributed by atoms with Crippen molar-refractivity contribution in [1.29, 1.82) is 0 Å². The highest BCUT2D eigenvalue weighted by molar-refractivity contribution is 14.0. The van der Waals surface area contributed by atoms with Crippen LogP contribution in [0, 0.1) is 6.92 Å². The van der Waals surface area contributed by atoms with Gasteiger partial charge in [0, 0.05) is 30.6 Å². The van der Waals surface area contributed by atoms with Crippen molar-refractivity contribution in [1.82, 2.24) is 15.6 Å².